The molecule has 0 amide bonds. The lowest BCUT2D eigenvalue weighted by atomic mass is 10.1. The van der Waals surface area contributed by atoms with Gasteiger partial charge in [-0.3, -0.25) is 0 Å². The number of thioether (sulfide) groups is 1. The molecule has 0 bridgehead atoms. The molecule has 13 heavy (non-hydrogen) atoms. The number of hydrogen-bond donors (Lipinski definition) is 1. The maximum absolute atomic E-state index is 9.59. The third-order valence-corrected chi connectivity index (χ3v) is 3.46. The van der Waals surface area contributed by atoms with Gasteiger partial charge in [-0.15, -0.1) is 11.8 Å². The fraction of sp³-hybridized carbons (Fsp3) is 1.00. The first-order chi connectivity index (χ1) is 6.24. The summed E-state index contributed by atoms with van der Waals surface area (Å²) in [5.74, 6) is 0. The van der Waals surface area contributed by atoms with Gasteiger partial charge in [0.15, 0.2) is 0 Å². The van der Waals surface area contributed by atoms with Crippen LogP contribution in [0.4, 0.5) is 0 Å². The minimum atomic E-state index is -0.518. The van der Waals surface area contributed by atoms with Crippen molar-refractivity contribution in [2.75, 3.05) is 27.9 Å². The van der Waals surface area contributed by atoms with Gasteiger partial charge in [0.25, 0.3) is 0 Å². The Morgan fingerprint density at radius 1 is 1.15 bits per heavy atom. The van der Waals surface area contributed by atoms with Crippen LogP contribution in [0.15, 0.2) is 0 Å². The number of methoxy groups -OCH3 is 3. The van der Waals surface area contributed by atoms with Crippen LogP contribution in [0.3, 0.4) is 0 Å². The second-order valence-corrected chi connectivity index (χ2v) is 4.28. The van der Waals surface area contributed by atoms with E-state index in [1.165, 1.54) is 11.8 Å². The van der Waals surface area contributed by atoms with Crippen molar-refractivity contribution in [3.05, 3.63) is 0 Å². The number of hydrogen-bond acceptors (Lipinski definition) is 5. The Balaban J connectivity index is 2.57. The van der Waals surface area contributed by atoms with Crippen molar-refractivity contribution < 1.29 is 19.3 Å². The Morgan fingerprint density at radius 2 is 1.77 bits per heavy atom. The summed E-state index contributed by atoms with van der Waals surface area (Å²) in [6, 6.07) is 0. The van der Waals surface area contributed by atoms with E-state index in [1.54, 1.807) is 21.3 Å². The second-order valence-electron chi connectivity index (χ2n) is 2.92. The number of ether oxygens (including phenoxy) is 3. The van der Waals surface area contributed by atoms with Crippen LogP contribution in [0.1, 0.15) is 0 Å². The quantitative estimate of drug-likeness (QED) is 0.710. The Bertz CT molecular complexity index is 155. The molecule has 0 aromatic carbocycles. The summed E-state index contributed by atoms with van der Waals surface area (Å²) in [7, 11) is 4.84. The summed E-state index contributed by atoms with van der Waals surface area (Å²) in [6.07, 6.45) is -0.347. The molecular formula is C8H16O4S. The largest absolute Gasteiger partial charge is 0.383 e. The summed E-state index contributed by atoms with van der Waals surface area (Å²) in [5.41, 5.74) is -0.518. The zero-order valence-corrected chi connectivity index (χ0v) is 8.91. The fourth-order valence-electron chi connectivity index (χ4n) is 1.54. The Labute approximate surface area is 82.5 Å². The Kier molecular flexibility index (Phi) is 4.48. The zero-order chi connectivity index (χ0) is 9.84. The molecule has 5 heteroatoms. The van der Waals surface area contributed by atoms with E-state index in [0.29, 0.717) is 6.61 Å². The molecule has 0 aromatic rings. The van der Waals surface area contributed by atoms with Crippen LogP contribution in [0, 0.1) is 0 Å². The van der Waals surface area contributed by atoms with Crippen LogP contribution >= 0.6 is 11.8 Å². The van der Waals surface area contributed by atoms with Crippen LogP contribution in [-0.4, -0.2) is 55.9 Å². The molecule has 1 heterocycles. The number of aliphatic hydroxyl groups is 1. The van der Waals surface area contributed by atoms with Crippen LogP contribution < -0.4 is 0 Å². The summed E-state index contributed by atoms with van der Waals surface area (Å²) < 4.78 is 15.4. The summed E-state index contributed by atoms with van der Waals surface area (Å²) in [5, 5.41) is 9.74. The van der Waals surface area contributed by atoms with Gasteiger partial charge < -0.3 is 19.3 Å². The Hall–Kier alpha value is 0.190. The summed E-state index contributed by atoms with van der Waals surface area (Å²) in [6.45, 7) is 0.570. The van der Waals surface area contributed by atoms with Crippen molar-refractivity contribution in [3.63, 3.8) is 0 Å². The lowest BCUT2D eigenvalue weighted by molar-refractivity contribution is -0.0634. The third-order valence-electron chi connectivity index (χ3n) is 2.16. The second kappa shape index (κ2) is 5.17. The molecule has 1 aliphatic heterocycles. The van der Waals surface area contributed by atoms with Gasteiger partial charge in [0.05, 0.1) is 11.9 Å². The Morgan fingerprint density at radius 3 is 2.23 bits per heavy atom. The molecule has 0 saturated carbocycles. The van der Waals surface area contributed by atoms with E-state index < -0.39 is 5.44 Å². The van der Waals surface area contributed by atoms with E-state index in [9.17, 15) is 5.11 Å². The average molecular weight is 208 g/mol. The van der Waals surface area contributed by atoms with Crippen LogP contribution in [0.2, 0.25) is 0 Å². The molecule has 1 rings (SSSR count). The molecule has 0 aliphatic carbocycles. The van der Waals surface area contributed by atoms with Crippen LogP contribution in [0.5, 0.6) is 0 Å². The molecule has 1 aliphatic rings. The topological polar surface area (TPSA) is 47.9 Å². The predicted octanol–water partition coefficient (Wildman–Crippen LogP) is 0.0966. The predicted molar refractivity (Wildman–Crippen MR) is 50.9 cm³/mol. The first-order valence-corrected chi connectivity index (χ1v) is 5.07. The van der Waals surface area contributed by atoms with Crippen molar-refractivity contribution in [3.8, 4) is 0 Å². The molecule has 4 atom stereocenters. The lowest BCUT2D eigenvalue weighted by Crippen LogP contribution is -2.37. The van der Waals surface area contributed by atoms with Gasteiger partial charge in [-0.2, -0.15) is 0 Å². The highest BCUT2D eigenvalue weighted by molar-refractivity contribution is 8.00. The van der Waals surface area contributed by atoms with Gasteiger partial charge >= 0.3 is 0 Å². The van der Waals surface area contributed by atoms with E-state index in [1.807, 2.05) is 0 Å². The van der Waals surface area contributed by atoms with Crippen molar-refractivity contribution >= 4 is 11.8 Å². The standard InChI is InChI=1S/C8H16O4S/c1-10-4-5-6(11-2)7(12-3)8(9)13-5/h5-9H,4H2,1-3H3/t5-,6-,7+,8?/m1/s1. The minimum absolute atomic E-state index is 0.0926. The smallest absolute Gasteiger partial charge is 0.128 e. The molecule has 1 unspecified atom stereocenters. The highest BCUT2D eigenvalue weighted by atomic mass is 32.2. The molecule has 0 radical (unpaired) electrons. The maximum Gasteiger partial charge on any atom is 0.128 e. The van der Waals surface area contributed by atoms with E-state index in [2.05, 4.69) is 0 Å². The molecule has 0 spiro atoms. The average Bonchev–Trinajstić information content (AvgIpc) is 2.41. The highest BCUT2D eigenvalue weighted by Crippen LogP contribution is 2.35. The molecule has 4 nitrogen and oxygen atoms in total. The fourth-order valence-corrected chi connectivity index (χ4v) is 2.96. The molecule has 1 N–H and O–H groups in total. The monoisotopic (exact) mass is 208 g/mol. The minimum Gasteiger partial charge on any atom is -0.383 e. The van der Waals surface area contributed by atoms with Crippen molar-refractivity contribution in [1.29, 1.82) is 0 Å². The maximum atomic E-state index is 9.59. The van der Waals surface area contributed by atoms with E-state index in [-0.39, 0.29) is 17.5 Å². The van der Waals surface area contributed by atoms with Gasteiger partial charge in [0, 0.05) is 21.3 Å². The molecule has 1 saturated heterocycles. The van der Waals surface area contributed by atoms with Crippen molar-refractivity contribution in [1.82, 2.24) is 0 Å². The van der Waals surface area contributed by atoms with Gasteiger partial charge in [-0.05, 0) is 0 Å². The van der Waals surface area contributed by atoms with Gasteiger partial charge in [0.2, 0.25) is 0 Å². The number of rotatable bonds is 4. The van der Waals surface area contributed by atoms with Crippen molar-refractivity contribution in [2.24, 2.45) is 0 Å². The summed E-state index contributed by atoms with van der Waals surface area (Å²) >= 11 is 1.44. The molecular weight excluding hydrogens is 192 g/mol. The molecule has 1 fully saturated rings. The van der Waals surface area contributed by atoms with Gasteiger partial charge in [-0.1, -0.05) is 0 Å². The SMILES string of the molecule is COC[C@H]1SC(O)[C@@H](OC)[C@@H]1OC. The number of aliphatic hydroxyl groups excluding tert-OH is 1. The van der Waals surface area contributed by atoms with Crippen LogP contribution in [-0.2, 0) is 14.2 Å². The highest BCUT2D eigenvalue weighted by Gasteiger charge is 2.43. The summed E-state index contributed by atoms with van der Waals surface area (Å²) in [4.78, 5) is 0. The van der Waals surface area contributed by atoms with Gasteiger partial charge in [0.1, 0.15) is 17.6 Å². The van der Waals surface area contributed by atoms with Gasteiger partial charge in [-0.25, -0.2) is 0 Å². The normalized spacial score (nSPS) is 39.7. The van der Waals surface area contributed by atoms with E-state index in [4.69, 9.17) is 14.2 Å². The van der Waals surface area contributed by atoms with E-state index in [0.717, 1.165) is 0 Å². The first kappa shape index (κ1) is 11.3. The lowest BCUT2D eigenvalue weighted by Gasteiger charge is -2.21. The molecule has 0 aromatic heterocycles. The molecule has 78 valence electrons. The first-order valence-electron chi connectivity index (χ1n) is 4.12. The van der Waals surface area contributed by atoms with Crippen molar-refractivity contribution in [2.45, 2.75) is 22.9 Å². The van der Waals surface area contributed by atoms with E-state index >= 15 is 0 Å². The van der Waals surface area contributed by atoms with Crippen LogP contribution in [0.25, 0.3) is 0 Å². The third kappa shape index (κ3) is 2.35. The zero-order valence-electron chi connectivity index (χ0n) is 8.10.